The van der Waals surface area contributed by atoms with Gasteiger partial charge in [-0.05, 0) is 0 Å². The van der Waals surface area contributed by atoms with Gasteiger partial charge in [-0.15, -0.1) is 13.2 Å². The van der Waals surface area contributed by atoms with E-state index in [0.717, 1.165) is 0 Å². The van der Waals surface area contributed by atoms with Crippen molar-refractivity contribution in [2.24, 2.45) is 0 Å². The van der Waals surface area contributed by atoms with Gasteiger partial charge < -0.3 is 9.90 Å². The molecule has 0 fully saturated rings. The standard InChI is InChI=1S/C7H2F12O4.K/c8-1(3(9,10)2(20)21)22-5(13,14)4(11,12)6(15,16)23-7(17,18)19;/h1H,(H,20,21);/q;+1/p-1. The fourth-order valence-corrected chi connectivity index (χ4v) is 0.749. The average Bonchev–Trinajstić information content (AvgIpc) is 2.23. The van der Waals surface area contributed by atoms with Crippen molar-refractivity contribution in [3.8, 4) is 0 Å². The van der Waals surface area contributed by atoms with Crippen LogP contribution in [0.3, 0.4) is 0 Å². The molecule has 0 aromatic rings. The minimum Gasteiger partial charge on any atom is -0.544 e. The maximum Gasteiger partial charge on any atom is 1.00 e. The van der Waals surface area contributed by atoms with E-state index in [2.05, 4.69) is 0 Å². The molecule has 0 spiro atoms. The van der Waals surface area contributed by atoms with Crippen LogP contribution in [-0.2, 0) is 14.3 Å². The molecule has 0 aliphatic rings. The Balaban J connectivity index is 0. The van der Waals surface area contributed by atoms with Gasteiger partial charge >= 0.3 is 81.8 Å². The number of rotatable bonds is 7. The summed E-state index contributed by atoms with van der Waals surface area (Å²) < 4.78 is 150. The van der Waals surface area contributed by atoms with Gasteiger partial charge in [0.05, 0.1) is 0 Å². The third kappa shape index (κ3) is 5.87. The fraction of sp³-hybridized carbons (Fsp3) is 0.857. The van der Waals surface area contributed by atoms with Crippen molar-refractivity contribution in [3.63, 3.8) is 0 Å². The molecule has 0 aromatic carbocycles. The second-order valence-corrected chi connectivity index (χ2v) is 3.50. The summed E-state index contributed by atoms with van der Waals surface area (Å²) in [5.41, 5.74) is 0. The Hall–Kier alpha value is 0.186. The van der Waals surface area contributed by atoms with E-state index in [4.69, 9.17) is 0 Å². The van der Waals surface area contributed by atoms with Crippen LogP contribution in [0.25, 0.3) is 0 Å². The summed E-state index contributed by atoms with van der Waals surface area (Å²) in [7, 11) is 0. The zero-order valence-electron chi connectivity index (χ0n) is 10.7. The van der Waals surface area contributed by atoms with Crippen LogP contribution < -0.4 is 56.5 Å². The SMILES string of the molecule is O=C([O-])C(F)(F)C(F)OC(F)(F)C(F)(F)C(F)(F)OC(F)(F)F.[K+]. The zero-order valence-corrected chi connectivity index (χ0v) is 13.9. The van der Waals surface area contributed by atoms with Crippen molar-refractivity contribution in [2.45, 2.75) is 36.8 Å². The first-order valence-corrected chi connectivity index (χ1v) is 4.59. The van der Waals surface area contributed by atoms with Crippen LogP contribution >= 0.6 is 0 Å². The molecule has 0 radical (unpaired) electrons. The first kappa shape index (κ1) is 26.4. The Kier molecular flexibility index (Phi) is 8.61. The largest absolute Gasteiger partial charge is 1.00 e. The first-order chi connectivity index (χ1) is 9.78. The van der Waals surface area contributed by atoms with Gasteiger partial charge in [0.2, 0.25) is 0 Å². The van der Waals surface area contributed by atoms with E-state index in [1.807, 2.05) is 4.74 Å². The number of carbonyl (C=O) groups excluding carboxylic acids is 1. The van der Waals surface area contributed by atoms with Crippen molar-refractivity contribution in [2.75, 3.05) is 0 Å². The van der Waals surface area contributed by atoms with Crippen LogP contribution in [-0.4, -0.2) is 42.8 Å². The molecule has 0 bridgehead atoms. The molecule has 0 N–H and O–H groups in total. The quantitative estimate of drug-likeness (QED) is 0.397. The molecule has 0 amide bonds. The van der Waals surface area contributed by atoms with Gasteiger partial charge in [-0.1, -0.05) is 0 Å². The number of hydrogen-bond acceptors (Lipinski definition) is 4. The topological polar surface area (TPSA) is 58.6 Å². The van der Waals surface area contributed by atoms with Crippen LogP contribution in [0.15, 0.2) is 0 Å². The number of halogens is 12. The van der Waals surface area contributed by atoms with Crippen LogP contribution in [0.2, 0.25) is 0 Å². The normalized spacial score (nSPS) is 15.7. The summed E-state index contributed by atoms with van der Waals surface area (Å²) in [5.74, 6) is -17.1. The fourth-order valence-electron chi connectivity index (χ4n) is 0.749. The van der Waals surface area contributed by atoms with Gasteiger partial charge in [-0.3, -0.25) is 4.74 Å². The number of carbonyl (C=O) groups is 1. The number of carboxylic acid groups (broad SMARTS) is 1. The Bertz CT molecular complexity index is 449. The summed E-state index contributed by atoms with van der Waals surface area (Å²) >= 11 is 0. The Morgan fingerprint density at radius 2 is 1.21 bits per heavy atom. The van der Waals surface area contributed by atoms with Crippen molar-refractivity contribution < 1.29 is 123 Å². The molecule has 4 nitrogen and oxygen atoms in total. The van der Waals surface area contributed by atoms with E-state index < -0.39 is 42.8 Å². The molecular formula is C7HF12KO4. The van der Waals surface area contributed by atoms with Gasteiger partial charge in [0, 0.05) is 0 Å². The number of alkyl halides is 12. The Morgan fingerprint density at radius 1 is 0.833 bits per heavy atom. The summed E-state index contributed by atoms with van der Waals surface area (Å²) in [6.07, 6.45) is -25.9. The minimum atomic E-state index is -7.33. The second-order valence-electron chi connectivity index (χ2n) is 3.50. The molecule has 1 unspecified atom stereocenters. The molecule has 0 aliphatic heterocycles. The molecule has 0 heterocycles. The van der Waals surface area contributed by atoms with Crippen molar-refractivity contribution in [1.29, 1.82) is 0 Å². The van der Waals surface area contributed by atoms with E-state index in [0.29, 0.717) is 0 Å². The van der Waals surface area contributed by atoms with E-state index >= 15 is 0 Å². The number of ether oxygens (including phenoxy) is 2. The summed E-state index contributed by atoms with van der Waals surface area (Å²) in [6.45, 7) is 0. The predicted molar refractivity (Wildman–Crippen MR) is 37.9 cm³/mol. The molecule has 24 heavy (non-hydrogen) atoms. The molecular weight excluding hydrogens is 415 g/mol. The molecule has 138 valence electrons. The van der Waals surface area contributed by atoms with E-state index in [1.54, 1.807) is 0 Å². The molecule has 0 rings (SSSR count). The molecule has 17 heteroatoms. The van der Waals surface area contributed by atoms with E-state index in [9.17, 15) is 62.6 Å². The first-order valence-electron chi connectivity index (χ1n) is 4.59. The summed E-state index contributed by atoms with van der Waals surface area (Å²) in [6, 6.07) is 0. The second kappa shape index (κ2) is 7.83. The average molecular weight is 416 g/mol. The third-order valence-corrected chi connectivity index (χ3v) is 1.78. The molecule has 0 saturated heterocycles. The molecule has 0 saturated carbocycles. The zero-order chi connectivity index (χ0) is 19.1. The van der Waals surface area contributed by atoms with Crippen molar-refractivity contribution >= 4 is 5.97 Å². The minimum absolute atomic E-state index is 0. The molecule has 1 atom stereocenters. The van der Waals surface area contributed by atoms with Gasteiger partial charge in [0.25, 0.3) is 6.36 Å². The van der Waals surface area contributed by atoms with Crippen LogP contribution in [0.5, 0.6) is 0 Å². The summed E-state index contributed by atoms with van der Waals surface area (Å²) in [4.78, 5) is 9.65. The van der Waals surface area contributed by atoms with Gasteiger partial charge in [0.1, 0.15) is 5.97 Å². The number of aliphatic carboxylic acids is 1. The van der Waals surface area contributed by atoms with Gasteiger partial charge in [-0.25, -0.2) is 9.13 Å². The van der Waals surface area contributed by atoms with Crippen LogP contribution in [0, 0.1) is 0 Å². The van der Waals surface area contributed by atoms with Crippen LogP contribution in [0.4, 0.5) is 52.7 Å². The maximum atomic E-state index is 12.6. The van der Waals surface area contributed by atoms with Gasteiger partial charge in [0.15, 0.2) is 0 Å². The predicted octanol–water partition coefficient (Wildman–Crippen LogP) is -0.955. The smallest absolute Gasteiger partial charge is 0.544 e. The van der Waals surface area contributed by atoms with Crippen LogP contribution in [0.1, 0.15) is 0 Å². The van der Waals surface area contributed by atoms with Crippen molar-refractivity contribution in [1.82, 2.24) is 0 Å². The van der Waals surface area contributed by atoms with Gasteiger partial charge in [-0.2, -0.15) is 35.1 Å². The molecule has 0 aromatic heterocycles. The van der Waals surface area contributed by atoms with E-state index in [1.165, 1.54) is 4.74 Å². The molecule has 0 aliphatic carbocycles. The van der Waals surface area contributed by atoms with Crippen molar-refractivity contribution in [3.05, 3.63) is 0 Å². The summed E-state index contributed by atoms with van der Waals surface area (Å²) in [5, 5.41) is 9.65. The Morgan fingerprint density at radius 3 is 1.50 bits per heavy atom. The number of carboxylic acids is 1. The Labute approximate surface area is 165 Å². The number of hydrogen-bond donors (Lipinski definition) is 0. The monoisotopic (exact) mass is 416 g/mol. The maximum absolute atomic E-state index is 12.6. The van der Waals surface area contributed by atoms with E-state index in [-0.39, 0.29) is 51.4 Å². The third-order valence-electron chi connectivity index (χ3n) is 1.78.